The molecule has 0 aromatic carbocycles. The minimum atomic E-state index is -1.63. The summed E-state index contributed by atoms with van der Waals surface area (Å²) in [5, 5.41) is 45.1. The first-order chi connectivity index (χ1) is 20.9. The number of carboxylic acid groups (broad SMARTS) is 4. The zero-order valence-electron chi connectivity index (χ0n) is 25.3. The molecule has 0 saturated heterocycles. The van der Waals surface area contributed by atoms with Crippen molar-refractivity contribution in [1.82, 2.24) is 21.3 Å². The van der Waals surface area contributed by atoms with Crippen molar-refractivity contribution in [3.05, 3.63) is 0 Å². The normalized spacial score (nSPS) is 13.0. The second kappa shape index (κ2) is 21.2. The lowest BCUT2D eigenvalue weighted by molar-refractivity contribution is -0.144. The van der Waals surface area contributed by atoms with E-state index < -0.39 is 117 Å². The van der Waals surface area contributed by atoms with Crippen LogP contribution in [0.1, 0.15) is 59.3 Å². The number of rotatable bonds is 23. The number of carbonyl (C=O) groups excluding carboxylic acids is 4. The highest BCUT2D eigenvalue weighted by molar-refractivity contribution is 5.91. The molecule has 3 atom stereocenters. The van der Waals surface area contributed by atoms with E-state index in [1.807, 2.05) is 0 Å². The highest BCUT2D eigenvalue weighted by Gasteiger charge is 2.28. The van der Waals surface area contributed by atoms with Gasteiger partial charge in [0.1, 0.15) is 30.3 Å². The summed E-state index contributed by atoms with van der Waals surface area (Å²) in [5.74, 6) is -8.42. The molecule has 0 saturated carbocycles. The molecule has 0 aliphatic carbocycles. The second-order valence-corrected chi connectivity index (χ2v) is 10.5. The Labute approximate surface area is 258 Å². The van der Waals surface area contributed by atoms with Crippen molar-refractivity contribution in [2.24, 2.45) is 0 Å². The molecule has 0 aliphatic heterocycles. The SMILES string of the molecule is CC(C)(C)OC(=O)NCCOCCOCC(=O)NC(CCC(=O)NC(CCC(=O)O)C(=O)O)C(=O)NC(CCC(=O)O)C(=O)O. The Kier molecular flexibility index (Phi) is 19.1. The number of amides is 4. The van der Waals surface area contributed by atoms with Gasteiger partial charge >= 0.3 is 30.0 Å². The van der Waals surface area contributed by atoms with E-state index in [2.05, 4.69) is 21.3 Å². The summed E-state index contributed by atoms with van der Waals surface area (Å²) in [6, 6.07) is -4.69. The maximum absolute atomic E-state index is 12.8. The van der Waals surface area contributed by atoms with Gasteiger partial charge in [-0.3, -0.25) is 24.0 Å². The molecule has 256 valence electrons. The van der Waals surface area contributed by atoms with Crippen LogP contribution in [0.3, 0.4) is 0 Å². The van der Waals surface area contributed by atoms with Crippen LogP contribution in [0.5, 0.6) is 0 Å². The first-order valence-corrected chi connectivity index (χ1v) is 13.8. The molecule has 0 rings (SSSR count). The van der Waals surface area contributed by atoms with Crippen LogP contribution in [-0.4, -0.2) is 125 Å². The van der Waals surface area contributed by atoms with E-state index in [1.165, 1.54) is 0 Å². The largest absolute Gasteiger partial charge is 0.481 e. The van der Waals surface area contributed by atoms with Gasteiger partial charge in [-0.05, 0) is 40.0 Å². The van der Waals surface area contributed by atoms with Crippen LogP contribution >= 0.6 is 0 Å². The molecule has 3 unspecified atom stereocenters. The Morgan fingerprint density at radius 3 is 1.62 bits per heavy atom. The summed E-state index contributed by atoms with van der Waals surface area (Å²) >= 11 is 0. The van der Waals surface area contributed by atoms with Crippen LogP contribution in [-0.2, 0) is 47.8 Å². The second-order valence-electron chi connectivity index (χ2n) is 10.5. The Bertz CT molecular complexity index is 1040. The lowest BCUT2D eigenvalue weighted by Crippen LogP contribution is -2.52. The fraction of sp³-hybridized carbons (Fsp3) is 0.692. The molecular weight excluding hydrogens is 608 g/mol. The lowest BCUT2D eigenvalue weighted by Gasteiger charge is -2.21. The zero-order valence-corrected chi connectivity index (χ0v) is 25.3. The van der Waals surface area contributed by atoms with Crippen LogP contribution in [0.25, 0.3) is 0 Å². The van der Waals surface area contributed by atoms with E-state index in [0.29, 0.717) is 0 Å². The van der Waals surface area contributed by atoms with Gasteiger partial charge in [-0.2, -0.15) is 0 Å². The molecule has 0 bridgehead atoms. The van der Waals surface area contributed by atoms with Crippen molar-refractivity contribution in [3.8, 4) is 0 Å². The molecule has 0 heterocycles. The first kappa shape index (κ1) is 40.5. The first-order valence-electron chi connectivity index (χ1n) is 13.8. The Balaban J connectivity index is 5.03. The average molecular weight is 651 g/mol. The highest BCUT2D eigenvalue weighted by Crippen LogP contribution is 2.07. The predicted molar refractivity (Wildman–Crippen MR) is 150 cm³/mol. The summed E-state index contributed by atoms with van der Waals surface area (Å²) in [6.45, 7) is 4.78. The number of alkyl carbamates (subject to hydrolysis) is 1. The van der Waals surface area contributed by atoms with Crippen molar-refractivity contribution in [3.63, 3.8) is 0 Å². The zero-order chi connectivity index (χ0) is 34.6. The molecule has 0 aliphatic rings. The number of carboxylic acids is 4. The van der Waals surface area contributed by atoms with Gasteiger partial charge in [-0.15, -0.1) is 0 Å². The van der Waals surface area contributed by atoms with Crippen molar-refractivity contribution in [1.29, 1.82) is 0 Å². The molecule has 0 aromatic heterocycles. The molecule has 19 nitrogen and oxygen atoms in total. The molecule has 45 heavy (non-hydrogen) atoms. The number of hydrogen-bond acceptors (Lipinski definition) is 11. The summed E-state index contributed by atoms with van der Waals surface area (Å²) in [4.78, 5) is 93.6. The summed E-state index contributed by atoms with van der Waals surface area (Å²) in [7, 11) is 0. The fourth-order valence-corrected chi connectivity index (χ4v) is 3.29. The van der Waals surface area contributed by atoms with Crippen LogP contribution in [0.4, 0.5) is 4.79 Å². The molecule has 0 aromatic rings. The van der Waals surface area contributed by atoms with E-state index in [9.17, 15) is 48.6 Å². The van der Waals surface area contributed by atoms with Gasteiger partial charge in [-0.25, -0.2) is 14.4 Å². The van der Waals surface area contributed by atoms with E-state index in [4.69, 9.17) is 24.4 Å². The van der Waals surface area contributed by atoms with Crippen LogP contribution in [0, 0.1) is 0 Å². The smallest absolute Gasteiger partial charge is 0.407 e. The molecule has 0 radical (unpaired) electrons. The van der Waals surface area contributed by atoms with E-state index in [1.54, 1.807) is 20.8 Å². The van der Waals surface area contributed by atoms with E-state index >= 15 is 0 Å². The van der Waals surface area contributed by atoms with Gasteiger partial charge in [0.05, 0.1) is 19.8 Å². The molecule has 4 amide bonds. The minimum absolute atomic E-state index is 0.0316. The fourth-order valence-electron chi connectivity index (χ4n) is 3.29. The van der Waals surface area contributed by atoms with Crippen molar-refractivity contribution in [2.45, 2.75) is 83.0 Å². The van der Waals surface area contributed by atoms with Crippen molar-refractivity contribution in [2.75, 3.05) is 33.0 Å². The molecule has 19 heteroatoms. The molecular formula is C26H42N4O15. The van der Waals surface area contributed by atoms with Gasteiger partial charge in [-0.1, -0.05) is 0 Å². The number of hydrogen-bond donors (Lipinski definition) is 8. The van der Waals surface area contributed by atoms with Crippen LogP contribution in [0.15, 0.2) is 0 Å². The monoisotopic (exact) mass is 650 g/mol. The maximum Gasteiger partial charge on any atom is 0.407 e. The van der Waals surface area contributed by atoms with Crippen molar-refractivity contribution >= 4 is 47.7 Å². The van der Waals surface area contributed by atoms with Gasteiger partial charge in [0.25, 0.3) is 0 Å². The van der Waals surface area contributed by atoms with Crippen LogP contribution < -0.4 is 21.3 Å². The van der Waals surface area contributed by atoms with E-state index in [0.717, 1.165) is 0 Å². The predicted octanol–water partition coefficient (Wildman–Crippen LogP) is -1.32. The molecule has 8 N–H and O–H groups in total. The standard InChI is InChI=1S/C26H42N4O15/c1-26(2,3)45-25(42)27-10-11-43-12-13-44-14-19(32)28-15(22(37)30-17(24(40)41)6-9-21(35)36)4-7-18(31)29-16(23(38)39)5-8-20(33)34/h15-17H,4-14H2,1-3H3,(H,27,42)(H,28,32)(H,29,31)(H,30,37)(H,33,34)(H,35,36)(H,38,39)(H,40,41). The Morgan fingerprint density at radius 2 is 1.11 bits per heavy atom. The van der Waals surface area contributed by atoms with E-state index in [-0.39, 0.29) is 26.4 Å². The number of nitrogens with one attached hydrogen (secondary N) is 4. The third-order valence-corrected chi connectivity index (χ3v) is 5.37. The number of carbonyl (C=O) groups is 8. The van der Waals surface area contributed by atoms with Gasteiger partial charge < -0.3 is 55.9 Å². The van der Waals surface area contributed by atoms with Gasteiger partial charge in [0, 0.05) is 25.8 Å². The molecule has 0 fully saturated rings. The number of ether oxygens (including phenoxy) is 3. The van der Waals surface area contributed by atoms with Gasteiger partial charge in [0.2, 0.25) is 17.7 Å². The van der Waals surface area contributed by atoms with Crippen LogP contribution in [0.2, 0.25) is 0 Å². The quantitative estimate of drug-likeness (QED) is 0.0595. The Hall–Kier alpha value is -4.52. The summed E-state index contributed by atoms with van der Waals surface area (Å²) < 4.78 is 15.5. The van der Waals surface area contributed by atoms with Gasteiger partial charge in [0.15, 0.2) is 0 Å². The average Bonchev–Trinajstić information content (AvgIpc) is 2.90. The maximum atomic E-state index is 12.8. The van der Waals surface area contributed by atoms with Crippen molar-refractivity contribution < 1.29 is 73.0 Å². The number of aliphatic carboxylic acids is 4. The molecule has 0 spiro atoms. The third-order valence-electron chi connectivity index (χ3n) is 5.37. The topological polar surface area (TPSA) is 293 Å². The summed E-state index contributed by atoms with van der Waals surface area (Å²) in [6.07, 6.45) is -3.61. The third kappa shape index (κ3) is 21.8. The lowest BCUT2D eigenvalue weighted by atomic mass is 10.1. The Morgan fingerprint density at radius 1 is 0.622 bits per heavy atom. The summed E-state index contributed by atoms with van der Waals surface area (Å²) in [5.41, 5.74) is -0.656. The highest BCUT2D eigenvalue weighted by atomic mass is 16.6. The minimum Gasteiger partial charge on any atom is -0.481 e.